The third kappa shape index (κ3) is 9.15. The van der Waals surface area contributed by atoms with Gasteiger partial charge >= 0.3 is 7.12 Å². The van der Waals surface area contributed by atoms with Gasteiger partial charge in [-0.3, -0.25) is 9.59 Å². The number of ether oxygens (including phenoxy) is 1. The molecule has 0 fully saturated rings. The number of benzene rings is 2. The molecule has 1 atom stereocenters. The highest BCUT2D eigenvalue weighted by Crippen LogP contribution is 2.15. The Hall–Kier alpha value is -3.83. The summed E-state index contributed by atoms with van der Waals surface area (Å²) in [5.74, 6) is -1.07. The monoisotopic (exact) mass is 475 g/mol. The first-order chi connectivity index (χ1) is 16.9. The molecule has 2 aromatic carbocycles. The fourth-order valence-corrected chi connectivity index (χ4v) is 3.30. The number of carbonyl (C=O) groups is 2. The minimum absolute atomic E-state index is 0.0227. The van der Waals surface area contributed by atoms with Crippen molar-refractivity contribution in [2.24, 2.45) is 0 Å². The summed E-state index contributed by atoms with van der Waals surface area (Å²) in [6.07, 6.45) is 1.85. The standard InChI is InChI=1S/C26H30BN3O5/c1-3-30(4-2)26(32)22(19-28)14-13-21-11-8-12-23(17-21)35-16-15-25(31)29-24(27(33)34)18-20-9-6-5-7-10-20/h5-13,17,24,33-34H,3-4,15-16,18H2,1-2H3,(H,29,31)/t14?,24-/m0/s1. The zero-order valence-electron chi connectivity index (χ0n) is 20.0. The molecule has 8 nitrogen and oxygen atoms in total. The minimum Gasteiger partial charge on any atom is -0.493 e. The Morgan fingerprint density at radius 3 is 2.49 bits per heavy atom. The molecule has 2 aromatic rings. The van der Waals surface area contributed by atoms with Crippen LogP contribution in [0, 0.1) is 11.3 Å². The highest BCUT2D eigenvalue weighted by Gasteiger charge is 2.25. The normalized spacial score (nSPS) is 10.8. The molecule has 0 aromatic heterocycles. The van der Waals surface area contributed by atoms with Crippen molar-refractivity contribution in [3.05, 3.63) is 77.0 Å². The van der Waals surface area contributed by atoms with Crippen LogP contribution in [0.25, 0.3) is 6.08 Å². The molecule has 0 aliphatic rings. The highest BCUT2D eigenvalue weighted by molar-refractivity contribution is 6.43. The van der Waals surface area contributed by atoms with Gasteiger partial charge in [0.15, 0.2) is 5.57 Å². The van der Waals surface area contributed by atoms with E-state index in [0.717, 1.165) is 5.56 Å². The molecule has 0 saturated carbocycles. The predicted molar refractivity (Wildman–Crippen MR) is 134 cm³/mol. The van der Waals surface area contributed by atoms with Gasteiger partial charge in [0.1, 0.15) is 11.8 Å². The summed E-state index contributed by atoms with van der Waals surface area (Å²) in [6, 6.07) is 18.1. The second-order valence-corrected chi connectivity index (χ2v) is 7.70. The zero-order valence-corrected chi connectivity index (χ0v) is 20.0. The number of carbonyl (C=O) groups excluding carboxylic acids is 2. The van der Waals surface area contributed by atoms with Crippen molar-refractivity contribution in [1.82, 2.24) is 10.2 Å². The molecule has 2 rings (SSSR count). The van der Waals surface area contributed by atoms with Crippen LogP contribution in [0.15, 0.2) is 65.9 Å². The first kappa shape index (κ1) is 27.4. The van der Waals surface area contributed by atoms with Gasteiger partial charge in [0.2, 0.25) is 5.91 Å². The number of hydrogen-bond donors (Lipinski definition) is 3. The second-order valence-electron chi connectivity index (χ2n) is 7.70. The number of amides is 2. The molecule has 0 spiro atoms. The number of hydrogen-bond acceptors (Lipinski definition) is 6. The molecule has 0 aliphatic heterocycles. The lowest BCUT2D eigenvalue weighted by Crippen LogP contribution is -2.48. The van der Waals surface area contributed by atoms with Crippen LogP contribution in [0.5, 0.6) is 5.75 Å². The molecular weight excluding hydrogens is 445 g/mol. The van der Waals surface area contributed by atoms with E-state index in [1.165, 1.54) is 6.08 Å². The van der Waals surface area contributed by atoms with Crippen molar-refractivity contribution >= 4 is 25.0 Å². The summed E-state index contributed by atoms with van der Waals surface area (Å²) in [7, 11) is -1.69. The van der Waals surface area contributed by atoms with E-state index in [4.69, 9.17) is 4.74 Å². The lowest BCUT2D eigenvalue weighted by atomic mass is 9.76. The number of nitrogens with one attached hydrogen (secondary N) is 1. The van der Waals surface area contributed by atoms with E-state index in [1.807, 2.05) is 50.2 Å². The van der Waals surface area contributed by atoms with Gasteiger partial charge < -0.3 is 25.0 Å². The molecule has 0 radical (unpaired) electrons. The summed E-state index contributed by atoms with van der Waals surface area (Å²) in [4.78, 5) is 26.2. The van der Waals surface area contributed by atoms with E-state index in [2.05, 4.69) is 11.0 Å². The summed E-state index contributed by atoms with van der Waals surface area (Å²) in [6.45, 7) is 4.78. The van der Waals surface area contributed by atoms with Crippen molar-refractivity contribution in [2.45, 2.75) is 32.6 Å². The number of likely N-dealkylation sites (N-methyl/N-ethyl adjacent to an activating group) is 1. The average molecular weight is 475 g/mol. The summed E-state index contributed by atoms with van der Waals surface area (Å²) >= 11 is 0. The van der Waals surface area contributed by atoms with E-state index < -0.39 is 13.1 Å². The van der Waals surface area contributed by atoms with Crippen LogP contribution in [-0.4, -0.2) is 59.5 Å². The lowest BCUT2D eigenvalue weighted by molar-refractivity contribution is -0.126. The fraction of sp³-hybridized carbons (Fsp3) is 0.308. The van der Waals surface area contributed by atoms with Crippen LogP contribution in [-0.2, 0) is 16.0 Å². The second kappa shape index (κ2) is 14.4. The molecule has 182 valence electrons. The first-order valence-electron chi connectivity index (χ1n) is 11.5. The lowest BCUT2D eigenvalue weighted by Gasteiger charge is -2.18. The Kier molecular flexibility index (Phi) is 11.3. The van der Waals surface area contributed by atoms with Crippen molar-refractivity contribution in [3.63, 3.8) is 0 Å². The Bertz CT molecular complexity index is 1090. The van der Waals surface area contributed by atoms with E-state index in [-0.39, 0.29) is 36.8 Å². The van der Waals surface area contributed by atoms with Crippen LogP contribution in [0.1, 0.15) is 31.4 Å². The quantitative estimate of drug-likeness (QED) is 0.187. The molecule has 3 N–H and O–H groups in total. The van der Waals surface area contributed by atoms with E-state index in [0.29, 0.717) is 24.4 Å². The van der Waals surface area contributed by atoms with Crippen molar-refractivity contribution in [3.8, 4) is 11.8 Å². The van der Waals surface area contributed by atoms with E-state index >= 15 is 0 Å². The summed E-state index contributed by atoms with van der Waals surface area (Å²) < 4.78 is 5.65. The van der Waals surface area contributed by atoms with Crippen molar-refractivity contribution < 1.29 is 24.4 Å². The molecule has 2 amide bonds. The Morgan fingerprint density at radius 2 is 1.86 bits per heavy atom. The molecule has 9 heteroatoms. The molecular formula is C26H30BN3O5. The largest absolute Gasteiger partial charge is 0.493 e. The maximum atomic E-state index is 12.3. The van der Waals surface area contributed by atoms with Gasteiger partial charge in [-0.15, -0.1) is 0 Å². The SMILES string of the molecule is CCN(CC)C(=O)C(=C=Cc1cccc(OCCC(=O)N[C@@H](Cc2ccccc2)B(O)O)c1)C#N. The van der Waals surface area contributed by atoms with Gasteiger partial charge in [0.05, 0.1) is 19.0 Å². The van der Waals surface area contributed by atoms with Gasteiger partial charge in [-0.05, 0) is 49.6 Å². The van der Waals surface area contributed by atoms with Gasteiger partial charge in [0, 0.05) is 13.1 Å². The molecule has 35 heavy (non-hydrogen) atoms. The molecule has 0 heterocycles. The smallest absolute Gasteiger partial charge is 0.475 e. The third-order valence-corrected chi connectivity index (χ3v) is 5.22. The van der Waals surface area contributed by atoms with Crippen LogP contribution < -0.4 is 10.1 Å². The minimum atomic E-state index is -1.69. The van der Waals surface area contributed by atoms with Gasteiger partial charge in [-0.2, -0.15) is 5.26 Å². The van der Waals surface area contributed by atoms with Gasteiger partial charge in [-0.25, -0.2) is 0 Å². The summed E-state index contributed by atoms with van der Waals surface area (Å²) in [5.41, 5.74) is 4.24. The van der Waals surface area contributed by atoms with Crippen LogP contribution in [0.3, 0.4) is 0 Å². The Labute approximate surface area is 206 Å². The zero-order chi connectivity index (χ0) is 25.6. The van der Waals surface area contributed by atoms with Crippen LogP contribution >= 0.6 is 0 Å². The number of rotatable bonds is 12. The maximum absolute atomic E-state index is 12.3. The Morgan fingerprint density at radius 1 is 1.14 bits per heavy atom. The van der Waals surface area contributed by atoms with E-state index in [1.54, 1.807) is 29.2 Å². The summed E-state index contributed by atoms with van der Waals surface area (Å²) in [5, 5.41) is 31.2. The third-order valence-electron chi connectivity index (χ3n) is 5.22. The predicted octanol–water partition coefficient (Wildman–Crippen LogP) is 2.13. The van der Waals surface area contributed by atoms with E-state index in [9.17, 15) is 24.9 Å². The van der Waals surface area contributed by atoms with Gasteiger partial charge in [0.25, 0.3) is 5.91 Å². The highest BCUT2D eigenvalue weighted by atomic mass is 16.5. The average Bonchev–Trinajstić information content (AvgIpc) is 2.85. The number of nitriles is 1. The van der Waals surface area contributed by atoms with Crippen molar-refractivity contribution in [1.29, 1.82) is 5.26 Å². The van der Waals surface area contributed by atoms with Crippen molar-refractivity contribution in [2.75, 3.05) is 19.7 Å². The molecule has 0 unspecified atom stereocenters. The number of nitrogens with zero attached hydrogens (tertiary/aromatic N) is 2. The maximum Gasteiger partial charge on any atom is 0.475 e. The first-order valence-corrected chi connectivity index (χ1v) is 11.5. The fourth-order valence-electron chi connectivity index (χ4n) is 3.30. The Balaban J connectivity index is 1.94. The van der Waals surface area contributed by atoms with Gasteiger partial charge in [-0.1, -0.05) is 48.2 Å². The molecule has 0 aliphatic carbocycles. The van der Waals surface area contributed by atoms with Crippen LogP contribution in [0.2, 0.25) is 0 Å². The topological polar surface area (TPSA) is 123 Å². The molecule has 0 saturated heterocycles. The van der Waals surface area contributed by atoms with Crippen LogP contribution in [0.4, 0.5) is 0 Å². The molecule has 0 bridgehead atoms.